The third kappa shape index (κ3) is 6.55. The third-order valence-corrected chi connectivity index (χ3v) is 2.97. The Labute approximate surface area is 124 Å². The van der Waals surface area contributed by atoms with E-state index in [-0.39, 0.29) is 18.2 Å². The summed E-state index contributed by atoms with van der Waals surface area (Å²) in [6.07, 6.45) is -0.381. The fraction of sp³-hybridized carbons (Fsp3) is 0.533. The number of halogens is 1. The largest absolute Gasteiger partial charge is 0.481 e. The predicted molar refractivity (Wildman–Crippen MR) is 76.6 cm³/mol. The van der Waals surface area contributed by atoms with Crippen molar-refractivity contribution in [3.63, 3.8) is 0 Å². The minimum Gasteiger partial charge on any atom is -0.481 e. The summed E-state index contributed by atoms with van der Waals surface area (Å²) >= 11 is 0. The minimum absolute atomic E-state index is 0.0893. The number of rotatable bonds is 8. The molecule has 21 heavy (non-hydrogen) atoms. The number of carbonyl (C=O) groups is 1. The molecule has 2 N–H and O–H groups in total. The number of amides is 1. The zero-order chi connectivity index (χ0) is 15.9. The van der Waals surface area contributed by atoms with Gasteiger partial charge in [0.1, 0.15) is 11.6 Å². The molecular formula is C15H22FNO4. The van der Waals surface area contributed by atoms with E-state index in [2.05, 4.69) is 5.32 Å². The highest BCUT2D eigenvalue weighted by Gasteiger charge is 2.23. The van der Waals surface area contributed by atoms with Crippen molar-refractivity contribution in [2.75, 3.05) is 20.3 Å². The van der Waals surface area contributed by atoms with Crippen LogP contribution in [0, 0.1) is 5.82 Å². The van der Waals surface area contributed by atoms with Crippen molar-refractivity contribution in [3.05, 3.63) is 30.1 Å². The molecule has 1 aromatic carbocycles. The molecule has 0 fully saturated rings. The molecule has 0 heterocycles. The summed E-state index contributed by atoms with van der Waals surface area (Å²) in [7, 11) is 1.55. The number of methoxy groups -OCH3 is 1. The monoisotopic (exact) mass is 299 g/mol. The van der Waals surface area contributed by atoms with Crippen LogP contribution in [0.1, 0.15) is 20.3 Å². The lowest BCUT2D eigenvalue weighted by Crippen LogP contribution is -2.45. The van der Waals surface area contributed by atoms with Gasteiger partial charge in [-0.3, -0.25) is 4.79 Å². The van der Waals surface area contributed by atoms with Crippen LogP contribution in [0.25, 0.3) is 0 Å². The smallest absolute Gasteiger partial charge is 0.260 e. The quantitative estimate of drug-likeness (QED) is 0.763. The Bertz CT molecular complexity index is 465. The Kier molecular flexibility index (Phi) is 6.58. The molecule has 1 rings (SSSR count). The zero-order valence-electron chi connectivity index (χ0n) is 12.6. The zero-order valence-corrected chi connectivity index (χ0v) is 12.6. The molecule has 0 spiro atoms. The van der Waals surface area contributed by atoms with Crippen molar-refractivity contribution in [2.45, 2.75) is 32.0 Å². The highest BCUT2D eigenvalue weighted by molar-refractivity contribution is 5.80. The van der Waals surface area contributed by atoms with Gasteiger partial charge in [-0.05, 0) is 26.0 Å². The first-order valence-corrected chi connectivity index (χ1v) is 6.75. The summed E-state index contributed by atoms with van der Waals surface area (Å²) in [5.41, 5.74) is -1.05. The molecule has 0 aromatic heterocycles. The average molecular weight is 299 g/mol. The van der Waals surface area contributed by atoms with Gasteiger partial charge in [0.2, 0.25) is 0 Å². The number of hydrogen-bond donors (Lipinski definition) is 2. The molecule has 1 amide bonds. The minimum atomic E-state index is -1.05. The molecule has 0 aliphatic rings. The van der Waals surface area contributed by atoms with E-state index in [0.717, 1.165) is 0 Å². The number of hydrogen-bond acceptors (Lipinski definition) is 4. The lowest BCUT2D eigenvalue weighted by atomic mass is 10.0. The summed E-state index contributed by atoms with van der Waals surface area (Å²) in [5, 5.41) is 12.6. The molecular weight excluding hydrogens is 277 g/mol. The molecule has 0 saturated heterocycles. The van der Waals surface area contributed by atoms with Crippen molar-refractivity contribution < 1.29 is 23.8 Å². The van der Waals surface area contributed by atoms with Gasteiger partial charge < -0.3 is 19.9 Å². The van der Waals surface area contributed by atoms with Gasteiger partial charge in [0, 0.05) is 32.7 Å². The van der Waals surface area contributed by atoms with Gasteiger partial charge in [0.15, 0.2) is 6.10 Å². The van der Waals surface area contributed by atoms with Crippen LogP contribution in [0.15, 0.2) is 24.3 Å². The van der Waals surface area contributed by atoms with Gasteiger partial charge in [0.05, 0.1) is 5.60 Å². The van der Waals surface area contributed by atoms with Crippen molar-refractivity contribution in [1.29, 1.82) is 0 Å². The summed E-state index contributed by atoms with van der Waals surface area (Å²) in [5.74, 6) is -0.525. The molecule has 0 radical (unpaired) electrons. The standard InChI is InChI=1S/C15H22FNO4/c1-11(21-13-6-4-5-12(16)9-13)14(18)17-10-15(2,19)7-8-20-3/h4-6,9,11,19H,7-8,10H2,1-3H3,(H,17,18). The second kappa shape index (κ2) is 7.95. The maximum Gasteiger partial charge on any atom is 0.260 e. The number of benzene rings is 1. The van der Waals surface area contributed by atoms with Crippen molar-refractivity contribution in [1.82, 2.24) is 5.32 Å². The highest BCUT2D eigenvalue weighted by Crippen LogP contribution is 2.14. The predicted octanol–water partition coefficient (Wildman–Crippen LogP) is 1.50. The van der Waals surface area contributed by atoms with E-state index < -0.39 is 17.5 Å². The molecule has 2 atom stereocenters. The Balaban J connectivity index is 2.44. The third-order valence-electron chi connectivity index (χ3n) is 2.97. The molecule has 6 heteroatoms. The van der Waals surface area contributed by atoms with Crippen LogP contribution in [0.5, 0.6) is 5.75 Å². The second-order valence-corrected chi connectivity index (χ2v) is 5.17. The highest BCUT2D eigenvalue weighted by atomic mass is 19.1. The first-order valence-electron chi connectivity index (χ1n) is 6.75. The fourth-order valence-electron chi connectivity index (χ4n) is 1.63. The molecule has 0 aliphatic carbocycles. The van der Waals surface area contributed by atoms with E-state index in [4.69, 9.17) is 9.47 Å². The molecule has 0 bridgehead atoms. The van der Waals surface area contributed by atoms with Crippen molar-refractivity contribution >= 4 is 5.91 Å². The average Bonchev–Trinajstić information content (AvgIpc) is 2.42. The van der Waals surface area contributed by atoms with Gasteiger partial charge in [0.25, 0.3) is 5.91 Å². The van der Waals surface area contributed by atoms with Gasteiger partial charge in [-0.2, -0.15) is 0 Å². The Morgan fingerprint density at radius 3 is 2.86 bits per heavy atom. The number of aliphatic hydroxyl groups is 1. The van der Waals surface area contributed by atoms with E-state index in [1.165, 1.54) is 18.2 Å². The summed E-state index contributed by atoms with van der Waals surface area (Å²) in [6.45, 7) is 3.67. The molecule has 0 saturated carbocycles. The summed E-state index contributed by atoms with van der Waals surface area (Å²) in [4.78, 5) is 11.9. The first-order chi connectivity index (χ1) is 9.84. The molecule has 118 valence electrons. The number of ether oxygens (including phenoxy) is 2. The maximum absolute atomic E-state index is 13.0. The first kappa shape index (κ1) is 17.4. The van der Waals surface area contributed by atoms with Crippen molar-refractivity contribution in [2.24, 2.45) is 0 Å². The van der Waals surface area contributed by atoms with Crippen LogP contribution in [-0.2, 0) is 9.53 Å². The van der Waals surface area contributed by atoms with E-state index in [1.807, 2.05) is 0 Å². The van der Waals surface area contributed by atoms with E-state index >= 15 is 0 Å². The maximum atomic E-state index is 13.0. The van der Waals surface area contributed by atoms with E-state index in [0.29, 0.717) is 13.0 Å². The van der Waals surface area contributed by atoms with Gasteiger partial charge in [-0.25, -0.2) is 4.39 Å². The fourth-order valence-corrected chi connectivity index (χ4v) is 1.63. The van der Waals surface area contributed by atoms with E-state index in [1.54, 1.807) is 27.0 Å². The summed E-state index contributed by atoms with van der Waals surface area (Å²) in [6, 6.07) is 5.58. The Morgan fingerprint density at radius 2 is 2.24 bits per heavy atom. The normalized spacial score (nSPS) is 15.1. The Hall–Kier alpha value is -1.66. The van der Waals surface area contributed by atoms with Crippen LogP contribution >= 0.6 is 0 Å². The van der Waals surface area contributed by atoms with Crippen LogP contribution in [0.3, 0.4) is 0 Å². The topological polar surface area (TPSA) is 67.8 Å². The van der Waals surface area contributed by atoms with Gasteiger partial charge in [-0.15, -0.1) is 0 Å². The van der Waals surface area contributed by atoms with E-state index in [9.17, 15) is 14.3 Å². The van der Waals surface area contributed by atoms with Crippen LogP contribution in [0.4, 0.5) is 4.39 Å². The molecule has 1 aromatic rings. The lowest BCUT2D eigenvalue weighted by molar-refractivity contribution is -0.128. The van der Waals surface area contributed by atoms with Crippen LogP contribution in [-0.4, -0.2) is 43.0 Å². The van der Waals surface area contributed by atoms with Gasteiger partial charge in [-0.1, -0.05) is 6.07 Å². The Morgan fingerprint density at radius 1 is 1.52 bits per heavy atom. The van der Waals surface area contributed by atoms with Crippen LogP contribution in [0.2, 0.25) is 0 Å². The summed E-state index contributed by atoms with van der Waals surface area (Å²) < 4.78 is 23.3. The van der Waals surface area contributed by atoms with Gasteiger partial charge >= 0.3 is 0 Å². The number of carbonyl (C=O) groups excluding carboxylic acids is 1. The molecule has 0 aliphatic heterocycles. The second-order valence-electron chi connectivity index (χ2n) is 5.17. The van der Waals surface area contributed by atoms with Crippen molar-refractivity contribution in [3.8, 4) is 5.75 Å². The molecule has 2 unspecified atom stereocenters. The van der Waals surface area contributed by atoms with Crippen LogP contribution < -0.4 is 10.1 Å². The number of nitrogens with one attached hydrogen (secondary N) is 1. The lowest BCUT2D eigenvalue weighted by Gasteiger charge is -2.24. The molecule has 5 nitrogen and oxygen atoms in total. The SMILES string of the molecule is COCCC(C)(O)CNC(=O)C(C)Oc1cccc(F)c1.